The molecule has 1 N–H and O–H groups in total. The molecule has 0 heterocycles. The molecule has 0 bridgehead atoms. The number of aromatic carboxylic acids is 1. The Kier molecular flexibility index (Phi) is 11.4. The number of rotatable bonds is 14. The van der Waals surface area contributed by atoms with Gasteiger partial charge >= 0.3 is 11.9 Å². The lowest BCUT2D eigenvalue weighted by molar-refractivity contribution is 0.0497. The van der Waals surface area contributed by atoms with Crippen molar-refractivity contribution >= 4 is 11.9 Å². The van der Waals surface area contributed by atoms with E-state index < -0.39 is 11.9 Å². The average Bonchev–Trinajstić information content (AvgIpc) is 2.62. The topological polar surface area (TPSA) is 63.6 Å². The third-order valence-electron chi connectivity index (χ3n) is 4.50. The minimum absolute atomic E-state index is 0.101. The molecule has 0 aliphatic heterocycles. The van der Waals surface area contributed by atoms with Crippen molar-refractivity contribution in [2.75, 3.05) is 6.61 Å². The second-order valence-electron chi connectivity index (χ2n) is 7.39. The Bertz CT molecular complexity index is 537. The number of carbonyl (C=O) groups is 2. The van der Waals surface area contributed by atoms with Gasteiger partial charge in [-0.3, -0.25) is 0 Å². The molecule has 0 aromatic heterocycles. The lowest BCUT2D eigenvalue weighted by Crippen LogP contribution is -2.08. The summed E-state index contributed by atoms with van der Waals surface area (Å²) in [6.45, 7) is 4.96. The van der Waals surface area contributed by atoms with E-state index >= 15 is 0 Å². The van der Waals surface area contributed by atoms with Crippen molar-refractivity contribution in [1.82, 2.24) is 0 Å². The minimum Gasteiger partial charge on any atom is -0.478 e. The van der Waals surface area contributed by atoms with Gasteiger partial charge < -0.3 is 9.84 Å². The van der Waals surface area contributed by atoms with Gasteiger partial charge in [-0.2, -0.15) is 0 Å². The Labute approximate surface area is 158 Å². The molecule has 1 aromatic carbocycles. The molecule has 0 aliphatic carbocycles. The van der Waals surface area contributed by atoms with Crippen LogP contribution in [0.25, 0.3) is 0 Å². The highest BCUT2D eigenvalue weighted by atomic mass is 16.5. The third kappa shape index (κ3) is 10.2. The standard InChI is InChI=1S/C22H34O4/c1-18(2)13-10-8-6-4-3-5-7-9-11-16-26-22(25)20-15-12-14-19(17-20)21(23)24/h12,14-15,17-18H,3-11,13,16H2,1-2H3,(H,23,24). The van der Waals surface area contributed by atoms with E-state index in [0.29, 0.717) is 12.2 Å². The first-order valence-electron chi connectivity index (χ1n) is 10.0. The Morgan fingerprint density at radius 3 is 2.00 bits per heavy atom. The van der Waals surface area contributed by atoms with Crippen LogP contribution in [-0.4, -0.2) is 23.7 Å². The molecule has 146 valence electrons. The van der Waals surface area contributed by atoms with E-state index in [1.165, 1.54) is 63.5 Å². The van der Waals surface area contributed by atoms with Crippen LogP contribution in [0.1, 0.15) is 98.8 Å². The largest absolute Gasteiger partial charge is 0.478 e. The van der Waals surface area contributed by atoms with Crippen LogP contribution in [0.3, 0.4) is 0 Å². The van der Waals surface area contributed by atoms with Crippen molar-refractivity contribution in [2.45, 2.75) is 78.1 Å². The van der Waals surface area contributed by atoms with Crippen molar-refractivity contribution in [2.24, 2.45) is 5.92 Å². The molecule has 1 aromatic rings. The zero-order valence-corrected chi connectivity index (χ0v) is 16.3. The number of benzene rings is 1. The molecular weight excluding hydrogens is 328 g/mol. The summed E-state index contributed by atoms with van der Waals surface area (Å²) in [4.78, 5) is 22.8. The summed E-state index contributed by atoms with van der Waals surface area (Å²) in [7, 11) is 0. The van der Waals surface area contributed by atoms with Crippen LogP contribution in [-0.2, 0) is 4.74 Å². The number of hydrogen-bond acceptors (Lipinski definition) is 3. The average molecular weight is 363 g/mol. The molecule has 0 saturated heterocycles. The second-order valence-corrected chi connectivity index (χ2v) is 7.39. The highest BCUT2D eigenvalue weighted by Crippen LogP contribution is 2.13. The van der Waals surface area contributed by atoms with Crippen LogP contribution in [0.2, 0.25) is 0 Å². The van der Waals surface area contributed by atoms with E-state index in [9.17, 15) is 9.59 Å². The molecule has 0 unspecified atom stereocenters. The maximum Gasteiger partial charge on any atom is 0.338 e. The van der Waals surface area contributed by atoms with E-state index in [1.54, 1.807) is 12.1 Å². The van der Waals surface area contributed by atoms with Crippen molar-refractivity contribution in [3.63, 3.8) is 0 Å². The van der Waals surface area contributed by atoms with Gasteiger partial charge in [0.05, 0.1) is 17.7 Å². The number of carboxylic acids is 1. The first kappa shape index (κ1) is 22.2. The fraction of sp³-hybridized carbons (Fsp3) is 0.636. The molecule has 4 nitrogen and oxygen atoms in total. The Morgan fingerprint density at radius 1 is 0.885 bits per heavy atom. The SMILES string of the molecule is CC(C)CCCCCCCCCCCOC(=O)c1cccc(C(=O)O)c1. The summed E-state index contributed by atoms with van der Waals surface area (Å²) in [6, 6.07) is 5.95. The zero-order chi connectivity index (χ0) is 19.2. The molecular formula is C22H34O4. The molecule has 0 radical (unpaired) electrons. The first-order chi connectivity index (χ1) is 12.5. The van der Waals surface area contributed by atoms with Crippen LogP contribution in [0, 0.1) is 5.92 Å². The summed E-state index contributed by atoms with van der Waals surface area (Å²) in [5.41, 5.74) is 0.394. The Hall–Kier alpha value is -1.84. The summed E-state index contributed by atoms with van der Waals surface area (Å²) in [6.07, 6.45) is 12.4. The summed E-state index contributed by atoms with van der Waals surface area (Å²) < 4.78 is 5.22. The fourth-order valence-corrected chi connectivity index (χ4v) is 2.92. The van der Waals surface area contributed by atoms with Gasteiger partial charge in [-0.15, -0.1) is 0 Å². The molecule has 0 fully saturated rings. The van der Waals surface area contributed by atoms with E-state index in [1.807, 2.05) is 0 Å². The van der Waals surface area contributed by atoms with Crippen LogP contribution in [0.5, 0.6) is 0 Å². The highest BCUT2D eigenvalue weighted by molar-refractivity contribution is 5.94. The molecule has 0 spiro atoms. The lowest BCUT2D eigenvalue weighted by atomic mass is 10.0. The molecule has 0 aliphatic rings. The number of esters is 1. The van der Waals surface area contributed by atoms with Gasteiger partial charge in [0, 0.05) is 0 Å². The third-order valence-corrected chi connectivity index (χ3v) is 4.50. The van der Waals surface area contributed by atoms with E-state index in [4.69, 9.17) is 9.84 Å². The summed E-state index contributed by atoms with van der Waals surface area (Å²) in [5, 5.41) is 8.94. The summed E-state index contributed by atoms with van der Waals surface area (Å²) in [5.74, 6) is -0.667. The highest BCUT2D eigenvalue weighted by Gasteiger charge is 2.10. The van der Waals surface area contributed by atoms with Gasteiger partial charge in [-0.1, -0.05) is 77.7 Å². The number of ether oxygens (including phenoxy) is 1. The van der Waals surface area contributed by atoms with Crippen molar-refractivity contribution in [1.29, 1.82) is 0 Å². The van der Waals surface area contributed by atoms with Crippen LogP contribution >= 0.6 is 0 Å². The summed E-state index contributed by atoms with van der Waals surface area (Å²) >= 11 is 0. The van der Waals surface area contributed by atoms with Crippen molar-refractivity contribution in [3.05, 3.63) is 35.4 Å². The van der Waals surface area contributed by atoms with Gasteiger partial charge in [0.25, 0.3) is 0 Å². The van der Waals surface area contributed by atoms with Gasteiger partial charge in [0.2, 0.25) is 0 Å². The van der Waals surface area contributed by atoms with Crippen LogP contribution in [0.15, 0.2) is 24.3 Å². The number of carbonyl (C=O) groups excluding carboxylic acids is 1. The first-order valence-corrected chi connectivity index (χ1v) is 10.0. The minimum atomic E-state index is -1.04. The fourth-order valence-electron chi connectivity index (χ4n) is 2.92. The van der Waals surface area contributed by atoms with Gasteiger partial charge in [0.15, 0.2) is 0 Å². The second kappa shape index (κ2) is 13.4. The molecule has 0 atom stereocenters. The Balaban J connectivity index is 1.99. The molecule has 0 saturated carbocycles. The van der Waals surface area contributed by atoms with Crippen LogP contribution < -0.4 is 0 Å². The lowest BCUT2D eigenvalue weighted by Gasteiger charge is -2.06. The van der Waals surface area contributed by atoms with Crippen molar-refractivity contribution < 1.29 is 19.4 Å². The maximum atomic E-state index is 11.9. The zero-order valence-electron chi connectivity index (χ0n) is 16.3. The van der Waals surface area contributed by atoms with E-state index in [-0.39, 0.29) is 5.56 Å². The predicted octanol–water partition coefficient (Wildman–Crippen LogP) is 6.10. The number of carboxylic acid groups (broad SMARTS) is 1. The molecule has 1 rings (SSSR count). The van der Waals surface area contributed by atoms with Gasteiger partial charge in [-0.05, 0) is 30.5 Å². The number of unbranched alkanes of at least 4 members (excludes halogenated alkanes) is 8. The van der Waals surface area contributed by atoms with Crippen molar-refractivity contribution in [3.8, 4) is 0 Å². The van der Waals surface area contributed by atoms with E-state index in [2.05, 4.69) is 13.8 Å². The normalized spacial score (nSPS) is 10.9. The quantitative estimate of drug-likeness (QED) is 0.321. The smallest absolute Gasteiger partial charge is 0.338 e. The van der Waals surface area contributed by atoms with Gasteiger partial charge in [-0.25, -0.2) is 9.59 Å². The monoisotopic (exact) mass is 362 g/mol. The predicted molar refractivity (Wildman–Crippen MR) is 105 cm³/mol. The molecule has 4 heteroatoms. The Morgan fingerprint density at radius 2 is 1.42 bits per heavy atom. The molecule has 26 heavy (non-hydrogen) atoms. The van der Waals surface area contributed by atoms with Gasteiger partial charge in [0.1, 0.15) is 0 Å². The maximum absolute atomic E-state index is 11.9. The van der Waals surface area contributed by atoms with Crippen LogP contribution in [0.4, 0.5) is 0 Å². The van der Waals surface area contributed by atoms with E-state index in [0.717, 1.165) is 18.8 Å². The number of hydrogen-bond donors (Lipinski definition) is 1. The molecule has 0 amide bonds.